The Morgan fingerprint density at radius 3 is 2.88 bits per heavy atom. The van der Waals surface area contributed by atoms with Gasteiger partial charge in [-0.2, -0.15) is 11.8 Å². The highest BCUT2D eigenvalue weighted by atomic mass is 32.2. The first kappa shape index (κ1) is 12.9. The molecule has 0 atom stereocenters. The number of aromatic carboxylic acids is 1. The first-order valence-corrected chi connectivity index (χ1v) is 6.44. The molecule has 0 saturated heterocycles. The van der Waals surface area contributed by atoms with E-state index in [0.29, 0.717) is 12.4 Å². The van der Waals surface area contributed by atoms with Gasteiger partial charge in [-0.25, -0.2) is 4.79 Å². The van der Waals surface area contributed by atoms with E-state index in [9.17, 15) is 4.79 Å². The molecule has 0 heterocycles. The summed E-state index contributed by atoms with van der Waals surface area (Å²) in [6.45, 7) is 2.68. The second kappa shape index (κ2) is 7.17. The highest BCUT2D eigenvalue weighted by Crippen LogP contribution is 2.18. The number of benzene rings is 1. The summed E-state index contributed by atoms with van der Waals surface area (Å²) in [6, 6.07) is 6.72. The molecule has 0 fully saturated rings. The Labute approximate surface area is 99.8 Å². The Hall–Kier alpha value is -1.16. The lowest BCUT2D eigenvalue weighted by atomic mass is 10.2. The van der Waals surface area contributed by atoms with Crippen LogP contribution in [0.25, 0.3) is 0 Å². The number of thioether (sulfide) groups is 1. The van der Waals surface area contributed by atoms with Gasteiger partial charge in [-0.1, -0.05) is 19.1 Å². The lowest BCUT2D eigenvalue weighted by Crippen LogP contribution is -2.04. The molecule has 0 spiro atoms. The average molecular weight is 240 g/mol. The van der Waals surface area contributed by atoms with E-state index in [0.717, 1.165) is 17.9 Å². The van der Waals surface area contributed by atoms with Gasteiger partial charge in [0, 0.05) is 0 Å². The van der Waals surface area contributed by atoms with E-state index in [1.807, 2.05) is 11.8 Å². The molecule has 1 N–H and O–H groups in total. The molecular weight excluding hydrogens is 224 g/mol. The van der Waals surface area contributed by atoms with E-state index in [2.05, 4.69) is 6.92 Å². The summed E-state index contributed by atoms with van der Waals surface area (Å²) in [6.07, 6.45) is 0.937. The summed E-state index contributed by atoms with van der Waals surface area (Å²) in [5, 5.41) is 8.92. The molecule has 0 radical (unpaired) electrons. The fraction of sp³-hybridized carbons (Fsp3) is 0.417. The summed E-state index contributed by atoms with van der Waals surface area (Å²) in [5.74, 6) is 1.66. The van der Waals surface area contributed by atoms with Gasteiger partial charge in [0.1, 0.15) is 11.3 Å². The lowest BCUT2D eigenvalue weighted by molar-refractivity contribution is 0.0692. The molecule has 0 amide bonds. The number of hydrogen-bond acceptors (Lipinski definition) is 3. The van der Waals surface area contributed by atoms with Crippen LogP contribution in [-0.4, -0.2) is 29.2 Å². The second-order valence-corrected chi connectivity index (χ2v) is 4.59. The molecule has 1 aromatic carbocycles. The standard InChI is InChI=1S/C12H16O3S/c1-2-16-9-5-8-15-11-7-4-3-6-10(11)12(13)14/h3-4,6-7H,2,5,8-9H2,1H3,(H,13,14). The minimum Gasteiger partial charge on any atom is -0.493 e. The van der Waals surface area contributed by atoms with Gasteiger partial charge in [0.15, 0.2) is 0 Å². The van der Waals surface area contributed by atoms with E-state index in [1.54, 1.807) is 24.3 Å². The molecule has 0 saturated carbocycles. The molecule has 1 rings (SSSR count). The van der Waals surface area contributed by atoms with Crippen molar-refractivity contribution >= 4 is 17.7 Å². The average Bonchev–Trinajstić information content (AvgIpc) is 2.29. The molecule has 0 aromatic heterocycles. The SMILES string of the molecule is CCSCCCOc1ccccc1C(=O)O. The molecule has 0 aliphatic rings. The first-order chi connectivity index (χ1) is 7.75. The minimum atomic E-state index is -0.946. The second-order valence-electron chi connectivity index (χ2n) is 3.20. The summed E-state index contributed by atoms with van der Waals surface area (Å²) < 4.78 is 5.45. The minimum absolute atomic E-state index is 0.227. The van der Waals surface area contributed by atoms with E-state index in [-0.39, 0.29) is 5.56 Å². The van der Waals surface area contributed by atoms with Crippen LogP contribution in [-0.2, 0) is 0 Å². The van der Waals surface area contributed by atoms with Gasteiger partial charge in [-0.3, -0.25) is 0 Å². The van der Waals surface area contributed by atoms with Crippen LogP contribution in [0.15, 0.2) is 24.3 Å². The molecular formula is C12H16O3S. The number of carboxylic acid groups (broad SMARTS) is 1. The van der Waals surface area contributed by atoms with Crippen LogP contribution in [0.4, 0.5) is 0 Å². The third-order valence-electron chi connectivity index (χ3n) is 2.01. The molecule has 88 valence electrons. The summed E-state index contributed by atoms with van der Waals surface area (Å²) in [7, 11) is 0. The third-order valence-corrected chi connectivity index (χ3v) is 3.00. The number of ether oxygens (including phenoxy) is 1. The van der Waals surface area contributed by atoms with Crippen LogP contribution in [0.1, 0.15) is 23.7 Å². The van der Waals surface area contributed by atoms with Gasteiger partial charge in [0.2, 0.25) is 0 Å². The molecule has 16 heavy (non-hydrogen) atoms. The monoisotopic (exact) mass is 240 g/mol. The van der Waals surface area contributed by atoms with Crippen molar-refractivity contribution in [2.75, 3.05) is 18.1 Å². The zero-order chi connectivity index (χ0) is 11.8. The van der Waals surface area contributed by atoms with Crippen LogP contribution in [0.5, 0.6) is 5.75 Å². The predicted octanol–water partition coefficient (Wildman–Crippen LogP) is 2.91. The number of carbonyl (C=O) groups is 1. The van der Waals surface area contributed by atoms with Crippen molar-refractivity contribution in [3.8, 4) is 5.75 Å². The van der Waals surface area contributed by atoms with Gasteiger partial charge >= 0.3 is 5.97 Å². The van der Waals surface area contributed by atoms with Crippen molar-refractivity contribution < 1.29 is 14.6 Å². The molecule has 3 nitrogen and oxygen atoms in total. The molecule has 0 bridgehead atoms. The Morgan fingerprint density at radius 1 is 1.44 bits per heavy atom. The Morgan fingerprint density at radius 2 is 2.19 bits per heavy atom. The molecule has 4 heteroatoms. The fourth-order valence-electron chi connectivity index (χ4n) is 1.26. The number of carboxylic acids is 1. The van der Waals surface area contributed by atoms with Gasteiger partial charge in [0.25, 0.3) is 0 Å². The first-order valence-electron chi connectivity index (χ1n) is 5.28. The maximum absolute atomic E-state index is 10.9. The van der Waals surface area contributed by atoms with Crippen molar-refractivity contribution in [1.82, 2.24) is 0 Å². The highest BCUT2D eigenvalue weighted by molar-refractivity contribution is 7.99. The summed E-state index contributed by atoms with van der Waals surface area (Å²) in [4.78, 5) is 10.9. The van der Waals surface area contributed by atoms with Crippen molar-refractivity contribution in [3.05, 3.63) is 29.8 Å². The van der Waals surface area contributed by atoms with Crippen molar-refractivity contribution in [3.63, 3.8) is 0 Å². The quantitative estimate of drug-likeness (QED) is 0.744. The van der Waals surface area contributed by atoms with Gasteiger partial charge in [-0.15, -0.1) is 0 Å². The van der Waals surface area contributed by atoms with Crippen LogP contribution < -0.4 is 4.74 Å². The summed E-state index contributed by atoms with van der Waals surface area (Å²) in [5.41, 5.74) is 0.227. The summed E-state index contributed by atoms with van der Waals surface area (Å²) >= 11 is 1.86. The Kier molecular flexibility index (Phi) is 5.78. The highest BCUT2D eigenvalue weighted by Gasteiger charge is 2.09. The van der Waals surface area contributed by atoms with Crippen molar-refractivity contribution in [1.29, 1.82) is 0 Å². The van der Waals surface area contributed by atoms with Gasteiger partial charge < -0.3 is 9.84 Å². The predicted molar refractivity (Wildman–Crippen MR) is 66.5 cm³/mol. The number of para-hydroxylation sites is 1. The topological polar surface area (TPSA) is 46.5 Å². The molecule has 1 aromatic rings. The Balaban J connectivity index is 2.44. The van der Waals surface area contributed by atoms with Crippen molar-refractivity contribution in [2.45, 2.75) is 13.3 Å². The van der Waals surface area contributed by atoms with E-state index < -0.39 is 5.97 Å². The molecule has 0 aliphatic heterocycles. The van der Waals surface area contributed by atoms with Crippen LogP contribution in [0, 0.1) is 0 Å². The van der Waals surface area contributed by atoms with Crippen molar-refractivity contribution in [2.24, 2.45) is 0 Å². The number of rotatable bonds is 7. The third kappa shape index (κ3) is 4.14. The van der Waals surface area contributed by atoms with Crippen LogP contribution in [0.3, 0.4) is 0 Å². The van der Waals surface area contributed by atoms with Gasteiger partial charge in [-0.05, 0) is 30.1 Å². The van der Waals surface area contributed by atoms with Crippen LogP contribution in [0.2, 0.25) is 0 Å². The van der Waals surface area contributed by atoms with Crippen LogP contribution >= 0.6 is 11.8 Å². The maximum Gasteiger partial charge on any atom is 0.339 e. The van der Waals surface area contributed by atoms with E-state index in [4.69, 9.17) is 9.84 Å². The molecule has 0 aliphatic carbocycles. The number of hydrogen-bond donors (Lipinski definition) is 1. The zero-order valence-corrected chi connectivity index (χ0v) is 10.1. The zero-order valence-electron chi connectivity index (χ0n) is 9.31. The van der Waals surface area contributed by atoms with E-state index >= 15 is 0 Å². The largest absolute Gasteiger partial charge is 0.493 e. The maximum atomic E-state index is 10.9. The normalized spacial score (nSPS) is 10.1. The smallest absolute Gasteiger partial charge is 0.339 e. The van der Waals surface area contributed by atoms with E-state index in [1.165, 1.54) is 0 Å². The fourth-order valence-corrected chi connectivity index (χ4v) is 1.87. The lowest BCUT2D eigenvalue weighted by Gasteiger charge is -2.08. The molecule has 0 unspecified atom stereocenters. The Bertz CT molecular complexity index is 339. The van der Waals surface area contributed by atoms with Gasteiger partial charge in [0.05, 0.1) is 6.61 Å².